The molecule has 2 amide bonds. The molecule has 1 N–H and O–H groups in total. The minimum Gasteiger partial charge on any atom is -0.329 e. The second kappa shape index (κ2) is 4.69. The lowest BCUT2D eigenvalue weighted by Gasteiger charge is -2.19. The fraction of sp³-hybridized carbons (Fsp3) is 0.462. The quantitative estimate of drug-likeness (QED) is 0.893. The van der Waals surface area contributed by atoms with E-state index in [1.807, 2.05) is 24.8 Å². The van der Waals surface area contributed by atoms with Crippen molar-refractivity contribution in [1.82, 2.24) is 10.2 Å². The van der Waals surface area contributed by atoms with Gasteiger partial charge in [0.25, 0.3) is 0 Å². The number of hydrogen-bond acceptors (Lipinski definition) is 1. The van der Waals surface area contributed by atoms with Gasteiger partial charge in [-0.15, -0.1) is 0 Å². The molecule has 3 nitrogen and oxygen atoms in total. The first-order chi connectivity index (χ1) is 7.99. The van der Waals surface area contributed by atoms with Crippen LogP contribution in [0.4, 0.5) is 4.79 Å². The third-order valence-electron chi connectivity index (χ3n) is 3.18. The highest BCUT2D eigenvalue weighted by atomic mass is 79.9. The zero-order valence-corrected chi connectivity index (χ0v) is 11.9. The van der Waals surface area contributed by atoms with Gasteiger partial charge >= 0.3 is 6.03 Å². The number of hydrogen-bond donors (Lipinski definition) is 1. The van der Waals surface area contributed by atoms with E-state index >= 15 is 0 Å². The topological polar surface area (TPSA) is 32.3 Å². The molecule has 92 valence electrons. The van der Waals surface area contributed by atoms with E-state index < -0.39 is 0 Å². The fourth-order valence-electron chi connectivity index (χ4n) is 2.17. The van der Waals surface area contributed by atoms with Crippen molar-refractivity contribution in [3.63, 3.8) is 0 Å². The third kappa shape index (κ3) is 2.46. The molecule has 0 bridgehead atoms. The summed E-state index contributed by atoms with van der Waals surface area (Å²) < 4.78 is 1.05. The van der Waals surface area contributed by atoms with Crippen molar-refractivity contribution in [1.29, 1.82) is 0 Å². The van der Waals surface area contributed by atoms with E-state index in [-0.39, 0.29) is 18.1 Å². The zero-order valence-electron chi connectivity index (χ0n) is 10.3. The van der Waals surface area contributed by atoms with Crippen LogP contribution in [-0.2, 0) is 0 Å². The molecule has 0 aliphatic carbocycles. The van der Waals surface area contributed by atoms with Crippen molar-refractivity contribution >= 4 is 22.0 Å². The summed E-state index contributed by atoms with van der Waals surface area (Å²) in [6.45, 7) is 6.89. The summed E-state index contributed by atoms with van der Waals surface area (Å²) in [4.78, 5) is 13.7. The molecule has 1 saturated heterocycles. The fourth-order valence-corrected chi connectivity index (χ4v) is 2.54. The summed E-state index contributed by atoms with van der Waals surface area (Å²) in [5, 5.41) is 3.04. The van der Waals surface area contributed by atoms with Crippen molar-refractivity contribution in [3.8, 4) is 0 Å². The molecule has 1 aliphatic rings. The summed E-state index contributed by atoms with van der Waals surface area (Å²) in [6, 6.07) is 6.56. The van der Waals surface area contributed by atoms with Gasteiger partial charge in [0.2, 0.25) is 0 Å². The van der Waals surface area contributed by atoms with Crippen molar-refractivity contribution in [2.75, 3.05) is 6.54 Å². The standard InChI is InChI=1S/C13H17BrN2O/c1-8(2)16-7-12(15-13(16)17)11-6-10(14)5-4-9(11)3/h4-6,8,12H,7H2,1-3H3,(H,15,17). The Labute approximate surface area is 110 Å². The zero-order chi connectivity index (χ0) is 12.6. The Morgan fingerprint density at radius 2 is 2.18 bits per heavy atom. The summed E-state index contributed by atoms with van der Waals surface area (Å²) in [5.74, 6) is 0. The highest BCUT2D eigenvalue weighted by Crippen LogP contribution is 2.27. The molecule has 2 rings (SSSR count). The second-order valence-corrected chi connectivity index (χ2v) is 5.66. The molecule has 17 heavy (non-hydrogen) atoms. The van der Waals surface area contributed by atoms with Crippen LogP contribution in [0.5, 0.6) is 0 Å². The van der Waals surface area contributed by atoms with Crippen molar-refractivity contribution in [2.45, 2.75) is 32.9 Å². The number of carbonyl (C=O) groups excluding carboxylic acids is 1. The molecule has 0 aromatic heterocycles. The molecule has 0 radical (unpaired) electrons. The van der Waals surface area contributed by atoms with Gasteiger partial charge in [-0.2, -0.15) is 0 Å². The summed E-state index contributed by atoms with van der Waals surface area (Å²) >= 11 is 3.48. The Kier molecular flexibility index (Phi) is 3.43. The third-order valence-corrected chi connectivity index (χ3v) is 3.67. The number of halogens is 1. The number of urea groups is 1. The number of benzene rings is 1. The van der Waals surface area contributed by atoms with E-state index in [9.17, 15) is 4.79 Å². The average Bonchev–Trinajstić information content (AvgIpc) is 2.64. The number of aryl methyl sites for hydroxylation is 1. The Bertz CT molecular complexity index is 445. The van der Waals surface area contributed by atoms with E-state index in [1.54, 1.807) is 0 Å². The highest BCUT2D eigenvalue weighted by Gasteiger charge is 2.31. The minimum atomic E-state index is 0.0318. The predicted octanol–water partition coefficient (Wildman–Crippen LogP) is 3.23. The lowest BCUT2D eigenvalue weighted by atomic mass is 10.0. The Morgan fingerprint density at radius 3 is 2.76 bits per heavy atom. The normalized spacial score (nSPS) is 19.9. The molecule has 0 spiro atoms. The summed E-state index contributed by atoms with van der Waals surface area (Å²) in [5.41, 5.74) is 2.40. The molecule has 1 fully saturated rings. The number of nitrogens with zero attached hydrogens (tertiary/aromatic N) is 1. The van der Waals surface area contributed by atoms with E-state index in [0.29, 0.717) is 0 Å². The smallest absolute Gasteiger partial charge is 0.318 e. The Hall–Kier alpha value is -1.03. The van der Waals surface area contributed by atoms with E-state index in [0.717, 1.165) is 11.0 Å². The number of nitrogens with one attached hydrogen (secondary N) is 1. The first kappa shape index (κ1) is 12.4. The molecule has 0 saturated carbocycles. The maximum absolute atomic E-state index is 11.8. The van der Waals surface area contributed by atoms with E-state index in [2.05, 4.69) is 40.3 Å². The first-order valence-electron chi connectivity index (χ1n) is 5.82. The van der Waals surface area contributed by atoms with Gasteiger partial charge < -0.3 is 10.2 Å². The van der Waals surface area contributed by atoms with Crippen LogP contribution in [0.15, 0.2) is 22.7 Å². The van der Waals surface area contributed by atoms with Crippen LogP contribution >= 0.6 is 15.9 Å². The van der Waals surface area contributed by atoms with Gasteiger partial charge in [0.1, 0.15) is 0 Å². The van der Waals surface area contributed by atoms with Gasteiger partial charge in [-0.3, -0.25) is 0 Å². The maximum atomic E-state index is 11.8. The molecule has 1 unspecified atom stereocenters. The first-order valence-corrected chi connectivity index (χ1v) is 6.61. The lowest BCUT2D eigenvalue weighted by Crippen LogP contribution is -2.33. The van der Waals surface area contributed by atoms with Crippen molar-refractivity contribution < 1.29 is 4.79 Å². The van der Waals surface area contributed by atoms with Gasteiger partial charge in [-0.25, -0.2) is 4.79 Å². The van der Waals surface area contributed by atoms with Gasteiger partial charge in [0.15, 0.2) is 0 Å². The van der Waals surface area contributed by atoms with Crippen molar-refractivity contribution in [2.24, 2.45) is 0 Å². The van der Waals surface area contributed by atoms with Crippen molar-refractivity contribution in [3.05, 3.63) is 33.8 Å². The van der Waals surface area contributed by atoms with Crippen LogP contribution in [0, 0.1) is 6.92 Å². The second-order valence-electron chi connectivity index (χ2n) is 4.75. The molecule has 1 heterocycles. The Morgan fingerprint density at radius 1 is 1.47 bits per heavy atom. The monoisotopic (exact) mass is 296 g/mol. The van der Waals surface area contributed by atoms with E-state index in [1.165, 1.54) is 11.1 Å². The number of amides is 2. The molecule has 1 aromatic carbocycles. The predicted molar refractivity (Wildman–Crippen MR) is 72.0 cm³/mol. The molecule has 4 heteroatoms. The van der Waals surface area contributed by atoms with Crippen LogP contribution in [0.25, 0.3) is 0 Å². The average molecular weight is 297 g/mol. The molecule has 1 aliphatic heterocycles. The molecule has 1 aromatic rings. The Balaban J connectivity index is 2.25. The minimum absolute atomic E-state index is 0.0318. The highest BCUT2D eigenvalue weighted by molar-refractivity contribution is 9.10. The molecular weight excluding hydrogens is 280 g/mol. The number of rotatable bonds is 2. The van der Waals surface area contributed by atoms with Crippen LogP contribution in [0.1, 0.15) is 31.0 Å². The van der Waals surface area contributed by atoms with Gasteiger partial charge in [-0.1, -0.05) is 22.0 Å². The molecular formula is C13H17BrN2O. The van der Waals surface area contributed by atoms with Crippen LogP contribution in [-0.4, -0.2) is 23.5 Å². The number of carbonyl (C=O) groups is 1. The van der Waals surface area contributed by atoms with Gasteiger partial charge in [0, 0.05) is 17.1 Å². The largest absolute Gasteiger partial charge is 0.329 e. The van der Waals surface area contributed by atoms with Gasteiger partial charge in [-0.05, 0) is 44.0 Å². The maximum Gasteiger partial charge on any atom is 0.318 e. The van der Waals surface area contributed by atoms with Crippen LogP contribution in [0.2, 0.25) is 0 Å². The SMILES string of the molecule is Cc1ccc(Br)cc1C1CN(C(C)C)C(=O)N1. The van der Waals surface area contributed by atoms with E-state index in [4.69, 9.17) is 0 Å². The van der Waals surface area contributed by atoms with Crippen LogP contribution in [0.3, 0.4) is 0 Å². The van der Waals surface area contributed by atoms with Gasteiger partial charge in [0.05, 0.1) is 6.04 Å². The lowest BCUT2D eigenvalue weighted by molar-refractivity contribution is 0.206. The summed E-state index contributed by atoms with van der Waals surface area (Å²) in [7, 11) is 0. The summed E-state index contributed by atoms with van der Waals surface area (Å²) in [6.07, 6.45) is 0. The molecule has 1 atom stereocenters. The van der Waals surface area contributed by atoms with Crippen LogP contribution < -0.4 is 5.32 Å².